The van der Waals surface area contributed by atoms with Gasteiger partial charge in [-0.15, -0.1) is 0 Å². The fourth-order valence-electron chi connectivity index (χ4n) is 3.83. The molecule has 0 bridgehead atoms. The first kappa shape index (κ1) is 22.9. The van der Waals surface area contributed by atoms with Gasteiger partial charge in [0.2, 0.25) is 0 Å². The van der Waals surface area contributed by atoms with Gasteiger partial charge >= 0.3 is 18.2 Å². The molecule has 9 nitrogen and oxygen atoms in total. The summed E-state index contributed by atoms with van der Waals surface area (Å²) in [6.45, 7) is 4.79. The summed E-state index contributed by atoms with van der Waals surface area (Å²) in [5, 5.41) is 3.08. The number of amides is 2. The molecule has 0 aliphatic carbocycles. The predicted molar refractivity (Wildman–Crippen MR) is 113 cm³/mol. The highest BCUT2D eigenvalue weighted by Gasteiger charge is 2.33. The normalized spacial score (nSPS) is 16.0. The number of rotatable bonds is 5. The van der Waals surface area contributed by atoms with Crippen LogP contribution in [0.15, 0.2) is 18.2 Å². The Morgan fingerprint density at radius 1 is 1.18 bits per heavy atom. The van der Waals surface area contributed by atoms with Gasteiger partial charge in [0.15, 0.2) is 0 Å². The van der Waals surface area contributed by atoms with Crippen molar-refractivity contribution in [3.05, 3.63) is 40.6 Å². The van der Waals surface area contributed by atoms with E-state index < -0.39 is 11.7 Å². The molecule has 2 amide bonds. The van der Waals surface area contributed by atoms with Crippen molar-refractivity contribution in [2.75, 3.05) is 44.0 Å². The Morgan fingerprint density at radius 3 is 2.64 bits per heavy atom. The van der Waals surface area contributed by atoms with Crippen LogP contribution in [0.25, 0.3) is 0 Å². The van der Waals surface area contributed by atoms with Crippen LogP contribution < -0.4 is 15.8 Å². The highest BCUT2D eigenvalue weighted by atomic mass is 19.4. The third kappa shape index (κ3) is 5.21. The van der Waals surface area contributed by atoms with Crippen LogP contribution in [-0.2, 0) is 30.5 Å². The lowest BCUT2D eigenvalue weighted by molar-refractivity contribution is -0.137. The summed E-state index contributed by atoms with van der Waals surface area (Å²) in [7, 11) is 0. The van der Waals surface area contributed by atoms with Crippen LogP contribution in [0.1, 0.15) is 29.3 Å². The summed E-state index contributed by atoms with van der Waals surface area (Å²) in [6, 6.07) is 3.44. The second kappa shape index (κ2) is 9.30. The molecule has 1 aromatic carbocycles. The number of nitrogens with one attached hydrogen (secondary N) is 1. The van der Waals surface area contributed by atoms with E-state index in [9.17, 15) is 18.0 Å². The van der Waals surface area contributed by atoms with Gasteiger partial charge in [0.05, 0.1) is 44.2 Å². The number of ether oxygens (including phenoxy) is 2. The summed E-state index contributed by atoms with van der Waals surface area (Å²) in [5.74, 6) is 0.414. The van der Waals surface area contributed by atoms with Crippen molar-refractivity contribution in [2.45, 2.75) is 32.7 Å². The lowest BCUT2D eigenvalue weighted by Gasteiger charge is -2.30. The van der Waals surface area contributed by atoms with Gasteiger partial charge in [0.1, 0.15) is 5.82 Å². The maximum Gasteiger partial charge on any atom is 0.416 e. The summed E-state index contributed by atoms with van der Waals surface area (Å²) in [6.07, 6.45) is -4.50. The van der Waals surface area contributed by atoms with E-state index in [2.05, 4.69) is 15.3 Å². The molecule has 2 aliphatic rings. The molecule has 33 heavy (non-hydrogen) atoms. The number of hydrogen-bond donors (Lipinski definition) is 2. The molecule has 3 N–H and O–H groups in total. The number of hydrogen-bond acceptors (Lipinski definition) is 7. The van der Waals surface area contributed by atoms with Gasteiger partial charge < -0.3 is 30.3 Å². The molecule has 2 aromatic rings. The van der Waals surface area contributed by atoms with E-state index in [1.54, 1.807) is 16.7 Å². The van der Waals surface area contributed by atoms with E-state index in [1.807, 2.05) is 0 Å². The van der Waals surface area contributed by atoms with E-state index >= 15 is 0 Å². The van der Waals surface area contributed by atoms with Crippen molar-refractivity contribution in [3.63, 3.8) is 0 Å². The number of nitrogen functional groups attached to an aromatic ring is 1. The van der Waals surface area contributed by atoms with Crippen LogP contribution in [0.3, 0.4) is 0 Å². The van der Waals surface area contributed by atoms with Crippen molar-refractivity contribution >= 4 is 17.5 Å². The van der Waals surface area contributed by atoms with Crippen molar-refractivity contribution < 1.29 is 27.4 Å². The third-order valence-corrected chi connectivity index (χ3v) is 5.39. The molecule has 178 valence electrons. The van der Waals surface area contributed by atoms with E-state index in [4.69, 9.17) is 15.2 Å². The predicted octanol–water partition coefficient (Wildman–Crippen LogP) is 2.86. The first-order chi connectivity index (χ1) is 15.7. The molecule has 1 saturated heterocycles. The second-order valence-electron chi connectivity index (χ2n) is 7.77. The monoisotopic (exact) mass is 466 g/mol. The van der Waals surface area contributed by atoms with Crippen LogP contribution in [0.2, 0.25) is 0 Å². The van der Waals surface area contributed by atoms with Crippen molar-refractivity contribution in [1.29, 1.82) is 0 Å². The Morgan fingerprint density at radius 2 is 1.94 bits per heavy atom. The number of morpholine rings is 1. The van der Waals surface area contributed by atoms with Crippen LogP contribution in [-0.4, -0.2) is 58.7 Å². The Kier molecular flexibility index (Phi) is 6.45. The number of nitrogens with zero attached hydrogens (tertiary/aromatic N) is 4. The molecule has 0 atom stereocenters. The van der Waals surface area contributed by atoms with Gasteiger partial charge in [-0.05, 0) is 30.7 Å². The molecular formula is C21H25F3N6O3. The van der Waals surface area contributed by atoms with Gasteiger partial charge in [-0.2, -0.15) is 23.1 Å². The number of anilines is 2. The zero-order valence-corrected chi connectivity index (χ0v) is 18.1. The summed E-state index contributed by atoms with van der Waals surface area (Å²) in [4.78, 5) is 25.1. The fraction of sp³-hybridized carbons (Fsp3) is 0.476. The average molecular weight is 466 g/mol. The zero-order valence-electron chi connectivity index (χ0n) is 18.1. The third-order valence-electron chi connectivity index (χ3n) is 5.39. The van der Waals surface area contributed by atoms with Gasteiger partial charge in [0.25, 0.3) is 0 Å². The van der Waals surface area contributed by atoms with Gasteiger partial charge in [-0.3, -0.25) is 0 Å². The largest absolute Gasteiger partial charge is 0.464 e. The molecular weight excluding hydrogens is 441 g/mol. The maximum absolute atomic E-state index is 13.1. The number of benzene rings is 1. The van der Waals surface area contributed by atoms with Crippen LogP contribution in [0.5, 0.6) is 6.01 Å². The van der Waals surface area contributed by atoms with Crippen molar-refractivity contribution in [2.24, 2.45) is 0 Å². The molecule has 3 heterocycles. The summed E-state index contributed by atoms with van der Waals surface area (Å²) >= 11 is 0. The van der Waals surface area contributed by atoms with Crippen LogP contribution in [0.4, 0.5) is 29.5 Å². The first-order valence-corrected chi connectivity index (χ1v) is 10.6. The van der Waals surface area contributed by atoms with Gasteiger partial charge in [0, 0.05) is 30.9 Å². The average Bonchev–Trinajstić information content (AvgIpc) is 3.21. The highest BCUT2D eigenvalue weighted by Crippen LogP contribution is 2.33. The number of fused-ring (bicyclic) bond motifs is 1. The number of alkyl halides is 3. The summed E-state index contributed by atoms with van der Waals surface area (Å²) in [5.41, 5.74) is 6.58. The fourth-order valence-corrected chi connectivity index (χ4v) is 3.83. The van der Waals surface area contributed by atoms with Crippen LogP contribution in [0, 0.1) is 0 Å². The quantitative estimate of drug-likeness (QED) is 0.653. The summed E-state index contributed by atoms with van der Waals surface area (Å²) < 4.78 is 50.2. The molecule has 12 heteroatoms. The molecule has 1 aromatic heterocycles. The van der Waals surface area contributed by atoms with Gasteiger partial charge in [-0.1, -0.05) is 0 Å². The molecule has 0 unspecified atom stereocenters. The number of aromatic nitrogens is 2. The minimum absolute atomic E-state index is 0.0202. The topological polar surface area (TPSA) is 106 Å². The Labute approximate surface area is 188 Å². The van der Waals surface area contributed by atoms with E-state index in [0.29, 0.717) is 62.1 Å². The minimum Gasteiger partial charge on any atom is -0.464 e. The lowest BCUT2D eigenvalue weighted by Crippen LogP contribution is -2.46. The maximum atomic E-state index is 13.1. The molecule has 0 saturated carbocycles. The Bertz CT molecular complexity index is 1030. The minimum atomic E-state index is -4.50. The van der Waals surface area contributed by atoms with E-state index in [0.717, 1.165) is 12.1 Å². The molecule has 1 fully saturated rings. The number of halogens is 3. The standard InChI is InChI=1S/C21H25F3N6O3/c1-2-33-19-27-17-12-30(20(31)29-3-5-32-6-4-29)11-16(17)18(28-19)26-10-13-7-14(21(22,23)24)9-15(25)8-13/h7-9H,2-6,10-12,25H2,1H3,(H,26,27,28). The molecule has 0 spiro atoms. The van der Waals surface area contributed by atoms with Gasteiger partial charge in [-0.25, -0.2) is 4.79 Å². The number of nitrogens with two attached hydrogens (primary N) is 1. The van der Waals surface area contributed by atoms with E-state index in [1.165, 1.54) is 6.07 Å². The smallest absolute Gasteiger partial charge is 0.416 e. The Balaban J connectivity index is 1.55. The van der Waals surface area contributed by atoms with Crippen LogP contribution >= 0.6 is 0 Å². The number of carbonyl (C=O) groups is 1. The lowest BCUT2D eigenvalue weighted by atomic mass is 10.1. The van der Waals surface area contributed by atoms with Crippen molar-refractivity contribution in [1.82, 2.24) is 19.8 Å². The molecule has 4 rings (SSSR count). The molecule has 0 radical (unpaired) electrons. The molecule has 2 aliphatic heterocycles. The SMILES string of the molecule is CCOc1nc2c(c(NCc3cc(N)cc(C(F)(F)F)c3)n1)CN(C(=O)N1CCOCC1)C2. The number of carbonyl (C=O) groups excluding carboxylic acids is 1. The Hall–Kier alpha value is -3.28. The van der Waals surface area contributed by atoms with E-state index in [-0.39, 0.29) is 30.8 Å². The number of urea groups is 1. The second-order valence-corrected chi connectivity index (χ2v) is 7.77. The van der Waals surface area contributed by atoms with Crippen molar-refractivity contribution in [3.8, 4) is 6.01 Å². The zero-order chi connectivity index (χ0) is 23.6. The highest BCUT2D eigenvalue weighted by molar-refractivity contribution is 5.76. The first-order valence-electron chi connectivity index (χ1n) is 10.6.